The minimum Gasteiger partial charge on any atom is -0.481 e. The van der Waals surface area contributed by atoms with Crippen LogP contribution in [0.1, 0.15) is 36.9 Å². The van der Waals surface area contributed by atoms with Crippen LogP contribution in [-0.2, 0) is 4.79 Å². The molecule has 0 aliphatic heterocycles. The summed E-state index contributed by atoms with van der Waals surface area (Å²) in [7, 11) is 1.76. The van der Waals surface area contributed by atoms with Crippen molar-refractivity contribution in [3.8, 4) is 5.75 Å². The Balaban J connectivity index is 1.32. The van der Waals surface area contributed by atoms with Crippen molar-refractivity contribution in [3.05, 3.63) is 65.2 Å². The van der Waals surface area contributed by atoms with Crippen LogP contribution in [0.2, 0.25) is 0 Å². The van der Waals surface area contributed by atoms with Crippen LogP contribution in [0.5, 0.6) is 5.75 Å². The lowest BCUT2D eigenvalue weighted by atomic mass is 10.3. The molecular formula is C22H21FN4O3S2. The van der Waals surface area contributed by atoms with Gasteiger partial charge in [0.1, 0.15) is 16.6 Å². The first-order valence-corrected chi connectivity index (χ1v) is 11.7. The van der Waals surface area contributed by atoms with E-state index in [1.807, 2.05) is 31.2 Å². The van der Waals surface area contributed by atoms with E-state index in [2.05, 4.69) is 15.2 Å². The fraction of sp³-hybridized carbons (Fsp3) is 0.273. The number of rotatable bonds is 8. The number of hydrogen-bond acceptors (Lipinski definition) is 8. The first-order valence-electron chi connectivity index (χ1n) is 9.90. The van der Waals surface area contributed by atoms with Gasteiger partial charge in [-0.05, 0) is 50.2 Å². The molecule has 0 saturated carbocycles. The first kappa shape index (κ1) is 22.2. The third-order valence-corrected chi connectivity index (χ3v) is 6.87. The van der Waals surface area contributed by atoms with E-state index in [9.17, 15) is 9.18 Å². The topological polar surface area (TPSA) is 81.4 Å². The number of halogens is 1. The molecule has 4 rings (SSSR count). The number of aromatic nitrogens is 3. The van der Waals surface area contributed by atoms with Crippen LogP contribution in [-0.4, -0.2) is 38.8 Å². The van der Waals surface area contributed by atoms with Crippen molar-refractivity contribution in [2.45, 2.75) is 31.2 Å². The van der Waals surface area contributed by atoms with Crippen LogP contribution in [0.4, 0.5) is 4.39 Å². The van der Waals surface area contributed by atoms with Gasteiger partial charge in [-0.15, -0.1) is 21.5 Å². The minimum absolute atomic E-state index is 0.0721. The number of carbonyl (C=O) groups excluding carboxylic acids is 1. The molecule has 7 nitrogen and oxygen atoms in total. The molecule has 1 amide bonds. The van der Waals surface area contributed by atoms with Crippen molar-refractivity contribution in [1.82, 2.24) is 20.1 Å². The second-order valence-electron chi connectivity index (χ2n) is 7.11. The van der Waals surface area contributed by atoms with Gasteiger partial charge in [0.2, 0.25) is 5.91 Å². The zero-order valence-electron chi connectivity index (χ0n) is 17.7. The summed E-state index contributed by atoms with van der Waals surface area (Å²) in [4.78, 5) is 19.0. The zero-order valence-corrected chi connectivity index (χ0v) is 19.3. The molecule has 10 heteroatoms. The van der Waals surface area contributed by atoms with Gasteiger partial charge in [0.05, 0.1) is 22.0 Å². The third kappa shape index (κ3) is 5.08. The van der Waals surface area contributed by atoms with E-state index in [-0.39, 0.29) is 34.6 Å². The molecule has 0 aliphatic carbocycles. The summed E-state index contributed by atoms with van der Waals surface area (Å²) in [5.74, 6) is 0.513. The summed E-state index contributed by atoms with van der Waals surface area (Å²) in [5, 5.41) is 9.14. The van der Waals surface area contributed by atoms with Crippen molar-refractivity contribution >= 4 is 39.2 Å². The molecular weight excluding hydrogens is 451 g/mol. The highest BCUT2D eigenvalue weighted by molar-refractivity contribution is 7.99. The maximum Gasteiger partial charge on any atom is 0.277 e. The SMILES string of the molecule is C[C@H](Oc1ccc(F)cc1)c1nnc(SCC(=O)N(C)[C@@H](C)c2nc3ccccc3s2)o1. The average Bonchev–Trinajstić information content (AvgIpc) is 3.45. The summed E-state index contributed by atoms with van der Waals surface area (Å²) in [5.41, 5.74) is 0.935. The van der Waals surface area contributed by atoms with E-state index in [1.54, 1.807) is 30.2 Å². The van der Waals surface area contributed by atoms with Crippen LogP contribution in [0.3, 0.4) is 0 Å². The van der Waals surface area contributed by atoms with E-state index in [0.29, 0.717) is 5.75 Å². The lowest BCUT2D eigenvalue weighted by Gasteiger charge is -2.22. The Labute approximate surface area is 192 Å². The molecule has 0 unspecified atom stereocenters. The largest absolute Gasteiger partial charge is 0.481 e. The summed E-state index contributed by atoms with van der Waals surface area (Å²) in [6.07, 6.45) is -0.514. The Morgan fingerprint density at radius 3 is 2.69 bits per heavy atom. The summed E-state index contributed by atoms with van der Waals surface area (Å²) < 4.78 is 25.4. The van der Waals surface area contributed by atoms with Gasteiger partial charge in [-0.2, -0.15) is 0 Å². The summed E-state index contributed by atoms with van der Waals surface area (Å²) >= 11 is 2.75. The number of amides is 1. The van der Waals surface area contributed by atoms with Crippen molar-refractivity contribution in [2.24, 2.45) is 0 Å². The van der Waals surface area contributed by atoms with Gasteiger partial charge >= 0.3 is 0 Å². The Kier molecular flexibility index (Phi) is 6.71. The molecule has 2 aromatic carbocycles. The fourth-order valence-corrected chi connectivity index (χ4v) is 4.64. The molecule has 0 bridgehead atoms. The predicted octanol–water partition coefficient (Wildman–Crippen LogP) is 5.27. The minimum atomic E-state index is -0.514. The summed E-state index contributed by atoms with van der Waals surface area (Å²) in [6, 6.07) is 13.4. The van der Waals surface area contributed by atoms with Crippen molar-refractivity contribution in [2.75, 3.05) is 12.8 Å². The standard InChI is InChI=1S/C22H21FN4O3S2/c1-13(21-24-17-6-4-5-7-18(17)32-21)27(3)19(28)12-31-22-26-25-20(30-22)14(2)29-16-10-8-15(23)9-11-16/h4-11,13-14H,12H2,1-3H3/t13-,14-/m0/s1. The van der Waals surface area contributed by atoms with Gasteiger partial charge < -0.3 is 14.1 Å². The molecule has 4 aromatic rings. The van der Waals surface area contributed by atoms with Crippen LogP contribution in [0.25, 0.3) is 10.2 Å². The Morgan fingerprint density at radius 1 is 1.19 bits per heavy atom. The monoisotopic (exact) mass is 472 g/mol. The Bertz CT molecular complexity index is 1180. The number of hydrogen-bond donors (Lipinski definition) is 0. The van der Waals surface area contributed by atoms with Crippen molar-refractivity contribution in [3.63, 3.8) is 0 Å². The Morgan fingerprint density at radius 2 is 1.94 bits per heavy atom. The summed E-state index contributed by atoms with van der Waals surface area (Å²) in [6.45, 7) is 3.71. The van der Waals surface area contributed by atoms with Gasteiger partial charge in [0, 0.05) is 7.05 Å². The molecule has 32 heavy (non-hydrogen) atoms. The molecule has 0 fully saturated rings. The van der Waals surface area contributed by atoms with E-state index < -0.39 is 6.10 Å². The number of nitrogens with zero attached hydrogens (tertiary/aromatic N) is 4. The highest BCUT2D eigenvalue weighted by Gasteiger charge is 2.22. The highest BCUT2D eigenvalue weighted by Crippen LogP contribution is 2.30. The van der Waals surface area contributed by atoms with E-state index in [1.165, 1.54) is 36.0 Å². The molecule has 2 atom stereocenters. The van der Waals surface area contributed by atoms with Crippen molar-refractivity contribution in [1.29, 1.82) is 0 Å². The van der Waals surface area contributed by atoms with Crippen LogP contribution < -0.4 is 4.74 Å². The molecule has 0 spiro atoms. The van der Waals surface area contributed by atoms with E-state index in [4.69, 9.17) is 9.15 Å². The second-order valence-corrected chi connectivity index (χ2v) is 9.10. The molecule has 2 heterocycles. The smallest absolute Gasteiger partial charge is 0.277 e. The number of para-hydroxylation sites is 1. The number of carbonyl (C=O) groups is 1. The maximum atomic E-state index is 13.0. The van der Waals surface area contributed by atoms with Crippen LogP contribution in [0.15, 0.2) is 58.2 Å². The normalized spacial score (nSPS) is 13.1. The third-order valence-electron chi connectivity index (χ3n) is 4.86. The number of ether oxygens (including phenoxy) is 1. The van der Waals surface area contributed by atoms with E-state index >= 15 is 0 Å². The average molecular weight is 473 g/mol. The van der Waals surface area contributed by atoms with Crippen molar-refractivity contribution < 1.29 is 18.3 Å². The zero-order chi connectivity index (χ0) is 22.7. The molecule has 166 valence electrons. The van der Waals surface area contributed by atoms with Gasteiger partial charge in [0.25, 0.3) is 11.1 Å². The lowest BCUT2D eigenvalue weighted by molar-refractivity contribution is -0.128. The quantitative estimate of drug-likeness (QED) is 0.323. The van der Waals surface area contributed by atoms with Crippen LogP contribution in [0, 0.1) is 5.82 Å². The molecule has 0 radical (unpaired) electrons. The fourth-order valence-electron chi connectivity index (χ4n) is 2.89. The number of fused-ring (bicyclic) bond motifs is 1. The lowest BCUT2D eigenvalue weighted by Crippen LogP contribution is -2.31. The van der Waals surface area contributed by atoms with Gasteiger partial charge in [-0.1, -0.05) is 23.9 Å². The second kappa shape index (κ2) is 9.66. The Hall–Kier alpha value is -2.98. The maximum absolute atomic E-state index is 13.0. The van der Waals surface area contributed by atoms with Gasteiger partial charge in [-0.25, -0.2) is 9.37 Å². The van der Waals surface area contributed by atoms with Crippen LogP contribution >= 0.6 is 23.1 Å². The van der Waals surface area contributed by atoms with E-state index in [0.717, 1.165) is 15.2 Å². The molecule has 2 aromatic heterocycles. The van der Waals surface area contributed by atoms with Gasteiger partial charge in [0.15, 0.2) is 6.10 Å². The molecule has 0 N–H and O–H groups in total. The number of benzene rings is 2. The number of thiazole rings is 1. The molecule has 0 saturated heterocycles. The molecule has 0 aliphatic rings. The van der Waals surface area contributed by atoms with Gasteiger partial charge in [-0.3, -0.25) is 4.79 Å². The first-order chi connectivity index (χ1) is 15.4. The number of thioether (sulfide) groups is 1. The highest BCUT2D eigenvalue weighted by atomic mass is 32.2. The predicted molar refractivity (Wildman–Crippen MR) is 121 cm³/mol.